The van der Waals surface area contributed by atoms with Crippen LogP contribution in [0, 0.1) is 5.82 Å². The predicted octanol–water partition coefficient (Wildman–Crippen LogP) is 5.12. The smallest absolute Gasteiger partial charge is 0.255 e. The lowest BCUT2D eigenvalue weighted by molar-refractivity contribution is 0.102. The highest BCUT2D eigenvalue weighted by Crippen LogP contribution is 2.22. The zero-order valence-corrected chi connectivity index (χ0v) is 18.9. The van der Waals surface area contributed by atoms with Gasteiger partial charge in [0.2, 0.25) is 0 Å². The van der Waals surface area contributed by atoms with Crippen LogP contribution in [0.3, 0.4) is 0 Å². The maximum atomic E-state index is 13.4. The van der Waals surface area contributed by atoms with Gasteiger partial charge in [0.15, 0.2) is 5.82 Å². The number of halogens is 1. The van der Waals surface area contributed by atoms with Crippen LogP contribution in [0.5, 0.6) is 0 Å². The molecule has 0 bridgehead atoms. The fourth-order valence-corrected chi connectivity index (χ4v) is 3.83. The molecule has 2 N–H and O–H groups in total. The second-order valence-electron chi connectivity index (χ2n) is 8.12. The third-order valence-electron chi connectivity index (χ3n) is 5.71. The normalized spacial score (nSPS) is 13.3. The first kappa shape index (κ1) is 22.5. The average Bonchev–Trinajstić information content (AvgIpc) is 2.90. The van der Waals surface area contributed by atoms with Crippen LogP contribution in [0.4, 0.5) is 27.3 Å². The monoisotopic (exact) mass is 469 g/mol. The summed E-state index contributed by atoms with van der Waals surface area (Å²) in [6.07, 6.45) is 0. The quantitative estimate of drug-likeness (QED) is 0.408. The number of carbonyl (C=O) groups is 1. The molecule has 0 aliphatic carbocycles. The number of rotatable bonds is 6. The van der Waals surface area contributed by atoms with Crippen molar-refractivity contribution in [3.63, 3.8) is 0 Å². The molecule has 1 aliphatic rings. The van der Waals surface area contributed by atoms with E-state index in [0.717, 1.165) is 43.4 Å². The molecule has 0 unspecified atom stereocenters. The summed E-state index contributed by atoms with van der Waals surface area (Å²) in [5.41, 5.74) is 4.41. The van der Waals surface area contributed by atoms with Crippen molar-refractivity contribution in [2.75, 3.05) is 41.8 Å². The molecule has 0 atom stereocenters. The van der Waals surface area contributed by atoms with Gasteiger partial charge in [0.05, 0.1) is 18.9 Å². The Labute approximate surface area is 202 Å². The Balaban J connectivity index is 1.18. The van der Waals surface area contributed by atoms with Crippen LogP contribution in [0.2, 0.25) is 0 Å². The first-order valence-electron chi connectivity index (χ1n) is 11.3. The van der Waals surface area contributed by atoms with Crippen molar-refractivity contribution in [1.82, 2.24) is 10.2 Å². The van der Waals surface area contributed by atoms with E-state index in [4.69, 9.17) is 4.74 Å². The summed E-state index contributed by atoms with van der Waals surface area (Å²) < 4.78 is 18.8. The van der Waals surface area contributed by atoms with E-state index >= 15 is 0 Å². The first-order valence-corrected chi connectivity index (χ1v) is 11.3. The molecular weight excluding hydrogens is 445 g/mol. The van der Waals surface area contributed by atoms with Crippen LogP contribution < -0.4 is 15.5 Å². The number of nitrogens with one attached hydrogen (secondary N) is 2. The van der Waals surface area contributed by atoms with E-state index in [2.05, 4.69) is 25.7 Å². The van der Waals surface area contributed by atoms with Crippen LogP contribution in [0.25, 0.3) is 11.3 Å². The maximum Gasteiger partial charge on any atom is 0.255 e. The molecule has 0 radical (unpaired) electrons. The molecule has 7 nitrogen and oxygen atoms in total. The number of carbonyl (C=O) groups excluding carboxylic acids is 1. The minimum atomic E-state index is -0.319. The van der Waals surface area contributed by atoms with Gasteiger partial charge in [-0.3, -0.25) is 4.79 Å². The number of ether oxygens (including phenoxy) is 1. The molecule has 176 valence electrons. The van der Waals surface area contributed by atoms with Gasteiger partial charge in [0.1, 0.15) is 5.82 Å². The van der Waals surface area contributed by atoms with Crippen LogP contribution in [0.1, 0.15) is 10.4 Å². The fourth-order valence-electron chi connectivity index (χ4n) is 3.83. The van der Waals surface area contributed by atoms with Crippen molar-refractivity contribution in [2.24, 2.45) is 0 Å². The molecule has 1 aliphatic heterocycles. The minimum absolute atomic E-state index is 0.185. The van der Waals surface area contributed by atoms with Gasteiger partial charge in [0, 0.05) is 41.3 Å². The van der Waals surface area contributed by atoms with E-state index < -0.39 is 0 Å². The molecule has 4 aromatic rings. The molecule has 1 saturated heterocycles. The molecule has 0 saturated carbocycles. The number of hydrogen-bond donors (Lipinski definition) is 2. The van der Waals surface area contributed by atoms with E-state index in [-0.39, 0.29) is 11.7 Å². The SMILES string of the molecule is O=C(Nc1ccc(N2CCOCC2)cc1)c1ccc(Nc2ccc(-c3cccc(F)c3)nn2)cc1. The molecule has 0 spiro atoms. The summed E-state index contributed by atoms with van der Waals surface area (Å²) in [5.74, 6) is 0.0401. The number of benzene rings is 3. The second-order valence-corrected chi connectivity index (χ2v) is 8.12. The number of nitrogens with zero attached hydrogens (tertiary/aromatic N) is 3. The Morgan fingerprint density at radius 3 is 2.29 bits per heavy atom. The Morgan fingerprint density at radius 1 is 0.857 bits per heavy atom. The van der Waals surface area contributed by atoms with Gasteiger partial charge in [-0.1, -0.05) is 12.1 Å². The Kier molecular flexibility index (Phi) is 6.63. The number of morpholine rings is 1. The van der Waals surface area contributed by atoms with Gasteiger partial charge in [-0.15, -0.1) is 10.2 Å². The molecule has 1 fully saturated rings. The molecule has 5 rings (SSSR count). The summed E-state index contributed by atoms with van der Waals surface area (Å²) in [5, 5.41) is 14.4. The molecule has 3 aromatic carbocycles. The van der Waals surface area contributed by atoms with Crippen molar-refractivity contribution in [3.8, 4) is 11.3 Å². The van der Waals surface area contributed by atoms with Crippen molar-refractivity contribution in [1.29, 1.82) is 0 Å². The van der Waals surface area contributed by atoms with Gasteiger partial charge >= 0.3 is 0 Å². The molecule has 2 heterocycles. The van der Waals surface area contributed by atoms with Crippen LogP contribution in [-0.2, 0) is 4.74 Å². The largest absolute Gasteiger partial charge is 0.378 e. The van der Waals surface area contributed by atoms with E-state index in [1.165, 1.54) is 12.1 Å². The number of aromatic nitrogens is 2. The second kappa shape index (κ2) is 10.3. The first-order chi connectivity index (χ1) is 17.1. The minimum Gasteiger partial charge on any atom is -0.378 e. The highest BCUT2D eigenvalue weighted by Gasteiger charge is 2.12. The molecule has 8 heteroatoms. The van der Waals surface area contributed by atoms with Gasteiger partial charge in [-0.2, -0.15) is 0 Å². The predicted molar refractivity (Wildman–Crippen MR) is 135 cm³/mol. The standard InChI is InChI=1S/C27H24FN5O2/c28-21-3-1-2-20(18-21)25-12-13-26(32-31-25)29-22-6-4-19(5-7-22)27(34)30-23-8-10-24(11-9-23)33-14-16-35-17-15-33/h1-13,18H,14-17H2,(H,29,32)(H,30,34). The molecule has 1 amide bonds. The lowest BCUT2D eigenvalue weighted by atomic mass is 10.1. The zero-order chi connectivity index (χ0) is 24.0. The van der Waals surface area contributed by atoms with Gasteiger partial charge in [0.25, 0.3) is 5.91 Å². The molecular formula is C27H24FN5O2. The van der Waals surface area contributed by atoms with E-state index in [9.17, 15) is 9.18 Å². The fraction of sp³-hybridized carbons (Fsp3) is 0.148. The third kappa shape index (κ3) is 5.62. The van der Waals surface area contributed by atoms with Gasteiger partial charge in [-0.05, 0) is 72.8 Å². The van der Waals surface area contributed by atoms with E-state index in [1.807, 2.05) is 24.3 Å². The van der Waals surface area contributed by atoms with Crippen molar-refractivity contribution in [3.05, 3.63) is 96.3 Å². The lowest BCUT2D eigenvalue weighted by Gasteiger charge is -2.28. The summed E-state index contributed by atoms with van der Waals surface area (Å²) in [7, 11) is 0. The highest BCUT2D eigenvalue weighted by molar-refractivity contribution is 6.04. The number of amides is 1. The number of anilines is 4. The molecule has 35 heavy (non-hydrogen) atoms. The van der Waals surface area contributed by atoms with Crippen LogP contribution in [-0.4, -0.2) is 42.4 Å². The van der Waals surface area contributed by atoms with Crippen molar-refractivity contribution in [2.45, 2.75) is 0 Å². The summed E-state index contributed by atoms with van der Waals surface area (Å²) in [6, 6.07) is 24.7. The molecule has 1 aromatic heterocycles. The number of hydrogen-bond acceptors (Lipinski definition) is 6. The summed E-state index contributed by atoms with van der Waals surface area (Å²) in [6.45, 7) is 3.20. The van der Waals surface area contributed by atoms with Crippen molar-refractivity contribution >= 4 is 28.8 Å². The average molecular weight is 470 g/mol. The zero-order valence-electron chi connectivity index (χ0n) is 18.9. The highest BCUT2D eigenvalue weighted by atomic mass is 19.1. The van der Waals surface area contributed by atoms with Gasteiger partial charge in [-0.25, -0.2) is 4.39 Å². The third-order valence-corrected chi connectivity index (χ3v) is 5.71. The Morgan fingerprint density at radius 2 is 1.60 bits per heavy atom. The van der Waals surface area contributed by atoms with Gasteiger partial charge < -0.3 is 20.3 Å². The maximum absolute atomic E-state index is 13.4. The summed E-state index contributed by atoms with van der Waals surface area (Å²) in [4.78, 5) is 14.9. The summed E-state index contributed by atoms with van der Waals surface area (Å²) >= 11 is 0. The van der Waals surface area contributed by atoms with Crippen LogP contribution >= 0.6 is 0 Å². The Hall–Kier alpha value is -4.30. The Bertz CT molecular complexity index is 1290. The van der Waals surface area contributed by atoms with Crippen LogP contribution in [0.15, 0.2) is 84.9 Å². The van der Waals surface area contributed by atoms with E-state index in [1.54, 1.807) is 48.5 Å². The van der Waals surface area contributed by atoms with E-state index in [0.29, 0.717) is 22.6 Å². The lowest BCUT2D eigenvalue weighted by Crippen LogP contribution is -2.36. The van der Waals surface area contributed by atoms with Crippen molar-refractivity contribution < 1.29 is 13.9 Å². The topological polar surface area (TPSA) is 79.4 Å².